The smallest absolute Gasteiger partial charge is 0.272 e. The lowest BCUT2D eigenvalue weighted by Crippen LogP contribution is -2.05. The van der Waals surface area contributed by atoms with Crippen molar-refractivity contribution in [3.05, 3.63) is 39.7 Å². The van der Waals surface area contributed by atoms with Gasteiger partial charge in [-0.25, -0.2) is 4.39 Å². The molecule has 0 aliphatic carbocycles. The number of hydrogen-bond acceptors (Lipinski definition) is 4. The molecule has 1 unspecified atom stereocenters. The van der Waals surface area contributed by atoms with Gasteiger partial charge in [0.15, 0.2) is 0 Å². The van der Waals surface area contributed by atoms with E-state index >= 15 is 0 Å². The average Bonchev–Trinajstić information content (AvgIpc) is 2.16. The first kappa shape index (κ1) is 10.6. The highest BCUT2D eigenvalue weighted by atomic mass is 19.1. The quantitative estimate of drug-likeness (QED) is 0.558. The zero-order chi connectivity index (χ0) is 10.7. The number of hydrogen-bond donors (Lipinski definition) is 2. The predicted octanol–water partition coefficient (Wildman–Crippen LogP) is 0.760. The molecule has 0 bridgehead atoms. The third-order valence-electron chi connectivity index (χ3n) is 1.73. The summed E-state index contributed by atoms with van der Waals surface area (Å²) in [5.74, 6) is -0.902. The highest BCUT2D eigenvalue weighted by molar-refractivity contribution is 5.35. The zero-order valence-electron chi connectivity index (χ0n) is 7.05. The highest BCUT2D eigenvalue weighted by Gasteiger charge is 2.15. The number of rotatable bonds is 3. The van der Waals surface area contributed by atoms with Gasteiger partial charge in [-0.05, 0) is 6.07 Å². The van der Waals surface area contributed by atoms with Crippen LogP contribution in [0.3, 0.4) is 0 Å². The Morgan fingerprint density at radius 3 is 2.64 bits per heavy atom. The topological polar surface area (TPSA) is 83.6 Å². The molecule has 1 aromatic rings. The van der Waals surface area contributed by atoms with Gasteiger partial charge < -0.3 is 10.2 Å². The van der Waals surface area contributed by atoms with E-state index in [9.17, 15) is 14.5 Å². The fourth-order valence-corrected chi connectivity index (χ4v) is 0.998. The lowest BCUT2D eigenvalue weighted by molar-refractivity contribution is -0.385. The molecule has 1 atom stereocenters. The van der Waals surface area contributed by atoms with Crippen LogP contribution in [0.4, 0.5) is 10.1 Å². The van der Waals surface area contributed by atoms with E-state index < -0.39 is 29.1 Å². The molecular formula is C8H8FNO4. The van der Waals surface area contributed by atoms with Gasteiger partial charge in [0.1, 0.15) is 11.9 Å². The summed E-state index contributed by atoms with van der Waals surface area (Å²) in [4.78, 5) is 9.49. The van der Waals surface area contributed by atoms with Crippen LogP contribution >= 0.6 is 0 Å². The third-order valence-corrected chi connectivity index (χ3v) is 1.73. The van der Waals surface area contributed by atoms with Crippen LogP contribution < -0.4 is 0 Å². The maximum Gasteiger partial charge on any atom is 0.272 e. The van der Waals surface area contributed by atoms with E-state index in [1.54, 1.807) is 0 Å². The molecule has 5 nitrogen and oxygen atoms in total. The molecule has 0 fully saturated rings. The number of aliphatic hydroxyl groups excluding tert-OH is 2. The highest BCUT2D eigenvalue weighted by Crippen LogP contribution is 2.21. The van der Waals surface area contributed by atoms with E-state index in [1.165, 1.54) is 0 Å². The van der Waals surface area contributed by atoms with Gasteiger partial charge in [0.05, 0.1) is 17.6 Å². The minimum atomic E-state index is -1.35. The van der Waals surface area contributed by atoms with Crippen LogP contribution in [0.15, 0.2) is 18.2 Å². The summed E-state index contributed by atoms with van der Waals surface area (Å²) in [5.41, 5.74) is -0.547. The Hall–Kier alpha value is -1.53. The van der Waals surface area contributed by atoms with E-state index in [-0.39, 0.29) is 5.56 Å². The summed E-state index contributed by atoms with van der Waals surface area (Å²) in [6.07, 6.45) is -1.35. The van der Waals surface area contributed by atoms with Gasteiger partial charge >= 0.3 is 0 Å². The standard InChI is InChI=1S/C8H8FNO4/c9-7-3-5(10(13)14)1-2-6(7)8(12)4-11/h1-3,8,11-12H,4H2. The molecule has 14 heavy (non-hydrogen) atoms. The van der Waals surface area contributed by atoms with E-state index in [2.05, 4.69) is 0 Å². The third kappa shape index (κ3) is 2.04. The molecule has 0 spiro atoms. The Morgan fingerprint density at radius 1 is 1.57 bits per heavy atom. The molecule has 0 saturated heterocycles. The van der Waals surface area contributed by atoms with Crippen molar-refractivity contribution in [2.24, 2.45) is 0 Å². The van der Waals surface area contributed by atoms with Crippen molar-refractivity contribution in [2.75, 3.05) is 6.61 Å². The normalized spacial score (nSPS) is 12.5. The van der Waals surface area contributed by atoms with E-state index in [0.717, 1.165) is 12.1 Å². The summed E-state index contributed by atoms with van der Waals surface area (Å²) in [6, 6.07) is 2.85. The zero-order valence-corrected chi connectivity index (χ0v) is 7.05. The Kier molecular flexibility index (Phi) is 3.10. The molecule has 6 heteroatoms. The van der Waals surface area contributed by atoms with Crippen LogP contribution in [0.2, 0.25) is 0 Å². The van der Waals surface area contributed by atoms with Crippen LogP contribution in [0.1, 0.15) is 11.7 Å². The van der Waals surface area contributed by atoms with Crippen LogP contribution in [0, 0.1) is 15.9 Å². The molecule has 2 N–H and O–H groups in total. The number of nitro benzene ring substituents is 1. The monoisotopic (exact) mass is 201 g/mol. The van der Waals surface area contributed by atoms with Gasteiger partial charge in [0.2, 0.25) is 0 Å². The van der Waals surface area contributed by atoms with Gasteiger partial charge in [-0.1, -0.05) is 0 Å². The van der Waals surface area contributed by atoms with Crippen LogP contribution in [-0.2, 0) is 0 Å². The number of nitro groups is 1. The fourth-order valence-electron chi connectivity index (χ4n) is 0.998. The molecule has 0 aliphatic heterocycles. The Balaban J connectivity index is 3.07. The fraction of sp³-hybridized carbons (Fsp3) is 0.250. The minimum Gasteiger partial charge on any atom is -0.393 e. The van der Waals surface area contributed by atoms with Crippen molar-refractivity contribution in [1.29, 1.82) is 0 Å². The second kappa shape index (κ2) is 4.12. The molecule has 0 amide bonds. The van der Waals surface area contributed by atoms with Gasteiger partial charge in [0.25, 0.3) is 5.69 Å². The second-order valence-corrected chi connectivity index (χ2v) is 2.66. The lowest BCUT2D eigenvalue weighted by Gasteiger charge is -2.07. The first-order valence-corrected chi connectivity index (χ1v) is 3.79. The van der Waals surface area contributed by atoms with Crippen LogP contribution in [-0.4, -0.2) is 21.7 Å². The van der Waals surface area contributed by atoms with Crippen LogP contribution in [0.5, 0.6) is 0 Å². The van der Waals surface area contributed by atoms with Gasteiger partial charge in [-0.3, -0.25) is 10.1 Å². The molecule has 0 radical (unpaired) electrons. The molecular weight excluding hydrogens is 193 g/mol. The summed E-state index contributed by atoms with van der Waals surface area (Å²) >= 11 is 0. The first-order valence-electron chi connectivity index (χ1n) is 3.79. The molecule has 0 heterocycles. The first-order chi connectivity index (χ1) is 6.56. The lowest BCUT2D eigenvalue weighted by atomic mass is 10.1. The number of aliphatic hydroxyl groups is 2. The number of nitrogens with zero attached hydrogens (tertiary/aromatic N) is 1. The number of non-ortho nitro benzene ring substituents is 1. The number of benzene rings is 1. The van der Waals surface area contributed by atoms with Crippen molar-refractivity contribution < 1.29 is 19.5 Å². The van der Waals surface area contributed by atoms with Gasteiger partial charge in [-0.15, -0.1) is 0 Å². The SMILES string of the molecule is O=[N+]([O-])c1ccc(C(O)CO)c(F)c1. The molecule has 1 aromatic carbocycles. The van der Waals surface area contributed by atoms with Crippen molar-refractivity contribution in [3.63, 3.8) is 0 Å². The van der Waals surface area contributed by atoms with Crippen molar-refractivity contribution >= 4 is 5.69 Å². The summed E-state index contributed by atoms with van der Waals surface area (Å²) in [5, 5.41) is 27.9. The Bertz CT molecular complexity index is 355. The maximum absolute atomic E-state index is 13.1. The second-order valence-electron chi connectivity index (χ2n) is 2.66. The van der Waals surface area contributed by atoms with Crippen molar-refractivity contribution in [2.45, 2.75) is 6.10 Å². The Morgan fingerprint density at radius 2 is 2.21 bits per heavy atom. The largest absolute Gasteiger partial charge is 0.393 e. The summed E-state index contributed by atoms with van der Waals surface area (Å²) < 4.78 is 13.1. The summed E-state index contributed by atoms with van der Waals surface area (Å²) in [7, 11) is 0. The van der Waals surface area contributed by atoms with E-state index in [4.69, 9.17) is 10.2 Å². The van der Waals surface area contributed by atoms with Crippen LogP contribution in [0.25, 0.3) is 0 Å². The Labute approximate surface area is 78.6 Å². The molecule has 76 valence electrons. The van der Waals surface area contributed by atoms with Gasteiger partial charge in [0, 0.05) is 11.6 Å². The van der Waals surface area contributed by atoms with E-state index in [0.29, 0.717) is 6.07 Å². The predicted molar refractivity (Wildman–Crippen MR) is 45.1 cm³/mol. The van der Waals surface area contributed by atoms with E-state index in [1.807, 2.05) is 0 Å². The minimum absolute atomic E-state index is 0.155. The van der Waals surface area contributed by atoms with Crippen molar-refractivity contribution in [1.82, 2.24) is 0 Å². The number of halogens is 1. The van der Waals surface area contributed by atoms with Crippen molar-refractivity contribution in [3.8, 4) is 0 Å². The summed E-state index contributed by atoms with van der Waals surface area (Å²) in [6.45, 7) is -0.630. The molecule has 0 aromatic heterocycles. The molecule has 0 saturated carbocycles. The van der Waals surface area contributed by atoms with Gasteiger partial charge in [-0.2, -0.15) is 0 Å². The average molecular weight is 201 g/mol. The maximum atomic E-state index is 13.1. The molecule has 0 aliphatic rings. The molecule has 1 rings (SSSR count).